The molecular weight excluding hydrogens is 632 g/mol. The summed E-state index contributed by atoms with van der Waals surface area (Å²) in [7, 11) is 0. The van der Waals surface area contributed by atoms with Crippen LogP contribution in [0.4, 0.5) is 11.4 Å². The van der Waals surface area contributed by atoms with E-state index in [4.69, 9.17) is 11.6 Å². The monoisotopic (exact) mass is 656 g/mol. The molecule has 2 heterocycles. The van der Waals surface area contributed by atoms with E-state index in [-0.39, 0.29) is 23.3 Å². The molecule has 0 aliphatic carbocycles. The second-order valence-electron chi connectivity index (χ2n) is 9.64. The van der Waals surface area contributed by atoms with E-state index in [2.05, 4.69) is 25.8 Å². The highest BCUT2D eigenvalue weighted by Crippen LogP contribution is 2.32. The van der Waals surface area contributed by atoms with Crippen molar-refractivity contribution in [1.29, 1.82) is 0 Å². The zero-order valence-electron chi connectivity index (χ0n) is 23.4. The maximum Gasteiger partial charge on any atom is 0.234 e. The third-order valence-corrected chi connectivity index (χ3v) is 9.79. The first kappa shape index (κ1) is 29.9. The molecule has 6 aromatic rings. The molecule has 2 amide bonds. The molecule has 0 atom stereocenters. The highest BCUT2D eigenvalue weighted by Gasteiger charge is 2.17. The summed E-state index contributed by atoms with van der Waals surface area (Å²) in [4.78, 5) is 30.1. The van der Waals surface area contributed by atoms with Gasteiger partial charge in [0.1, 0.15) is 0 Å². The highest BCUT2D eigenvalue weighted by atomic mass is 35.5. The Morgan fingerprint density at radius 2 is 1.57 bits per heavy atom. The summed E-state index contributed by atoms with van der Waals surface area (Å²) >= 11 is 10.2. The Morgan fingerprint density at radius 3 is 2.36 bits per heavy atom. The molecule has 0 spiro atoms. The van der Waals surface area contributed by atoms with Crippen LogP contribution in [0.15, 0.2) is 107 Å². The number of hydrogen-bond acceptors (Lipinski definition) is 8. The van der Waals surface area contributed by atoms with Gasteiger partial charge in [0.15, 0.2) is 15.3 Å². The van der Waals surface area contributed by atoms with Gasteiger partial charge in [0.25, 0.3) is 0 Å². The number of thiazole rings is 1. The molecule has 0 bridgehead atoms. The fraction of sp³-hybridized carbons (Fsp3) is 0.0938. The van der Waals surface area contributed by atoms with E-state index in [1.54, 1.807) is 12.1 Å². The summed E-state index contributed by atoms with van der Waals surface area (Å²) in [6.07, 6.45) is 0. The van der Waals surface area contributed by atoms with Crippen molar-refractivity contribution in [3.8, 4) is 17.1 Å². The molecule has 0 fully saturated rings. The van der Waals surface area contributed by atoms with Crippen molar-refractivity contribution >= 4 is 79.9 Å². The van der Waals surface area contributed by atoms with Crippen LogP contribution in [-0.2, 0) is 9.59 Å². The average Bonchev–Trinajstić information content (AvgIpc) is 3.65. The number of rotatable bonds is 10. The molecule has 2 aromatic heterocycles. The Morgan fingerprint density at radius 1 is 0.841 bits per heavy atom. The quantitative estimate of drug-likeness (QED) is 0.144. The Hall–Kier alpha value is -4.16. The number of anilines is 2. The number of aromatic nitrogens is 4. The number of hydrogen-bond donors (Lipinski definition) is 2. The number of fused-ring (bicyclic) bond motifs is 1. The predicted molar refractivity (Wildman–Crippen MR) is 181 cm³/mol. The van der Waals surface area contributed by atoms with Crippen molar-refractivity contribution in [2.75, 3.05) is 22.1 Å². The minimum Gasteiger partial charge on any atom is -0.325 e. The van der Waals surface area contributed by atoms with Gasteiger partial charge in [-0.2, -0.15) is 0 Å². The third-order valence-electron chi connectivity index (χ3n) is 6.47. The normalized spacial score (nSPS) is 11.0. The van der Waals surface area contributed by atoms with E-state index in [0.717, 1.165) is 31.4 Å². The molecule has 0 unspecified atom stereocenters. The summed E-state index contributed by atoms with van der Waals surface area (Å²) in [5.41, 5.74) is 4.97. The number of nitrogens with zero attached hydrogens (tertiary/aromatic N) is 4. The summed E-state index contributed by atoms with van der Waals surface area (Å²) in [5, 5.41) is 15.9. The van der Waals surface area contributed by atoms with Crippen molar-refractivity contribution in [1.82, 2.24) is 19.7 Å². The van der Waals surface area contributed by atoms with E-state index < -0.39 is 0 Å². The first-order valence-electron chi connectivity index (χ1n) is 13.5. The van der Waals surface area contributed by atoms with Crippen LogP contribution in [0.3, 0.4) is 0 Å². The Balaban J connectivity index is 1.08. The van der Waals surface area contributed by atoms with Gasteiger partial charge in [0.05, 0.1) is 21.7 Å². The molecule has 8 nitrogen and oxygen atoms in total. The Kier molecular flexibility index (Phi) is 9.27. The number of carbonyl (C=O) groups excluding carboxylic acids is 2. The number of amides is 2. The minimum atomic E-state index is -0.162. The topological polar surface area (TPSA) is 102 Å². The van der Waals surface area contributed by atoms with Crippen molar-refractivity contribution in [2.24, 2.45) is 0 Å². The van der Waals surface area contributed by atoms with Gasteiger partial charge in [-0.3, -0.25) is 14.2 Å². The van der Waals surface area contributed by atoms with Crippen LogP contribution >= 0.6 is 46.5 Å². The van der Waals surface area contributed by atoms with Crippen molar-refractivity contribution in [3.05, 3.63) is 108 Å². The number of nitrogens with one attached hydrogen (secondary N) is 2. The Labute approximate surface area is 271 Å². The molecule has 0 aliphatic rings. The number of aryl methyl sites for hydroxylation is 1. The lowest BCUT2D eigenvalue weighted by Gasteiger charge is -2.10. The van der Waals surface area contributed by atoms with Gasteiger partial charge < -0.3 is 10.6 Å². The molecule has 0 aliphatic heterocycles. The summed E-state index contributed by atoms with van der Waals surface area (Å²) in [6.45, 7) is 1.92. The second-order valence-corrected chi connectivity index (χ2v) is 13.3. The largest absolute Gasteiger partial charge is 0.325 e. The average molecular weight is 657 g/mol. The van der Waals surface area contributed by atoms with Crippen LogP contribution < -0.4 is 10.6 Å². The Bertz CT molecular complexity index is 1950. The van der Waals surface area contributed by atoms with E-state index in [9.17, 15) is 9.59 Å². The lowest BCUT2D eigenvalue weighted by atomic mass is 10.2. The van der Waals surface area contributed by atoms with Crippen LogP contribution in [0, 0.1) is 6.92 Å². The number of thioether (sulfide) groups is 2. The van der Waals surface area contributed by atoms with Gasteiger partial charge >= 0.3 is 0 Å². The number of halogens is 1. The number of carbonyl (C=O) groups is 2. The van der Waals surface area contributed by atoms with Crippen LogP contribution in [0.1, 0.15) is 5.56 Å². The molecule has 12 heteroatoms. The highest BCUT2D eigenvalue weighted by molar-refractivity contribution is 8.01. The van der Waals surface area contributed by atoms with E-state index in [1.165, 1.54) is 34.9 Å². The van der Waals surface area contributed by atoms with Gasteiger partial charge in [0.2, 0.25) is 11.8 Å². The molecule has 0 saturated heterocycles. The molecule has 4 aromatic carbocycles. The standard InChI is InChI=1S/C32H25ClN6O2S3/c1-20-12-13-22(33)16-26(20)35-29(41)19-43-32-36-25-15-14-23(17-27(25)44-32)34-28(40)18-42-31-38-37-30(21-8-4-2-5-9-21)39(31)24-10-6-3-7-11-24/h2-17H,18-19H2,1H3,(H,34,40)(H,35,41). The molecule has 6 rings (SSSR count). The first-order valence-corrected chi connectivity index (χ1v) is 16.7. The van der Waals surface area contributed by atoms with Gasteiger partial charge in [-0.25, -0.2) is 4.98 Å². The van der Waals surface area contributed by atoms with Crippen molar-refractivity contribution in [3.63, 3.8) is 0 Å². The minimum absolute atomic E-state index is 0.135. The van der Waals surface area contributed by atoms with E-state index in [0.29, 0.717) is 27.4 Å². The molecular formula is C32H25ClN6O2S3. The van der Waals surface area contributed by atoms with Gasteiger partial charge in [-0.05, 0) is 55.0 Å². The molecule has 44 heavy (non-hydrogen) atoms. The summed E-state index contributed by atoms with van der Waals surface area (Å²) in [5.74, 6) is 0.782. The van der Waals surface area contributed by atoms with Gasteiger partial charge in [-0.15, -0.1) is 21.5 Å². The van der Waals surface area contributed by atoms with Crippen LogP contribution in [-0.4, -0.2) is 43.1 Å². The lowest BCUT2D eigenvalue weighted by Crippen LogP contribution is -2.14. The van der Waals surface area contributed by atoms with Gasteiger partial charge in [0, 0.05) is 27.6 Å². The smallest absolute Gasteiger partial charge is 0.234 e. The van der Waals surface area contributed by atoms with Crippen LogP contribution in [0.5, 0.6) is 0 Å². The maximum atomic E-state index is 13.0. The summed E-state index contributed by atoms with van der Waals surface area (Å²) < 4.78 is 3.65. The molecule has 220 valence electrons. The van der Waals surface area contributed by atoms with Crippen LogP contribution in [0.25, 0.3) is 27.3 Å². The van der Waals surface area contributed by atoms with Crippen LogP contribution in [0.2, 0.25) is 5.02 Å². The number of para-hydroxylation sites is 1. The van der Waals surface area contributed by atoms with Crippen molar-refractivity contribution in [2.45, 2.75) is 16.4 Å². The van der Waals surface area contributed by atoms with Gasteiger partial charge in [-0.1, -0.05) is 89.7 Å². The number of benzene rings is 4. The van der Waals surface area contributed by atoms with E-state index >= 15 is 0 Å². The zero-order chi connectivity index (χ0) is 30.5. The second kappa shape index (κ2) is 13.6. The fourth-order valence-electron chi connectivity index (χ4n) is 4.36. The zero-order valence-corrected chi connectivity index (χ0v) is 26.6. The lowest BCUT2D eigenvalue weighted by molar-refractivity contribution is -0.114. The van der Waals surface area contributed by atoms with E-state index in [1.807, 2.05) is 96.4 Å². The first-order chi connectivity index (χ1) is 21.4. The predicted octanol–water partition coefficient (Wildman–Crippen LogP) is 7.97. The SMILES string of the molecule is Cc1ccc(Cl)cc1NC(=O)CSc1nc2ccc(NC(=O)CSc3nnc(-c4ccccc4)n3-c3ccccc3)cc2s1. The third kappa shape index (κ3) is 7.13. The molecule has 0 saturated carbocycles. The summed E-state index contributed by atoms with van der Waals surface area (Å²) in [6, 6.07) is 30.7. The fourth-order valence-corrected chi connectivity index (χ4v) is 7.19. The molecule has 2 N–H and O–H groups in total. The maximum absolute atomic E-state index is 13.0. The van der Waals surface area contributed by atoms with Crippen molar-refractivity contribution < 1.29 is 9.59 Å². The molecule has 0 radical (unpaired) electrons.